The lowest BCUT2D eigenvalue weighted by molar-refractivity contribution is -0.154. The first-order valence-corrected chi connectivity index (χ1v) is 12.3. The topological polar surface area (TPSA) is 75.0 Å². The molecule has 0 spiro atoms. The van der Waals surface area contributed by atoms with E-state index in [4.69, 9.17) is 18.6 Å². The molecule has 0 saturated heterocycles. The lowest BCUT2D eigenvalue weighted by Gasteiger charge is -2.14. The molecule has 0 saturated carbocycles. The molecule has 0 aliphatic rings. The zero-order valence-corrected chi connectivity index (χ0v) is 21.5. The Hall–Kier alpha value is -5.31. The molecule has 0 unspecified atom stereocenters. The van der Waals surface area contributed by atoms with Crippen LogP contribution in [0.15, 0.2) is 112 Å². The summed E-state index contributed by atoms with van der Waals surface area (Å²) in [6.07, 6.45) is -2.38. The molecule has 0 aliphatic carbocycles. The van der Waals surface area contributed by atoms with Gasteiger partial charge in [-0.15, -0.1) is 0 Å². The van der Waals surface area contributed by atoms with E-state index in [0.29, 0.717) is 11.3 Å². The third-order valence-corrected chi connectivity index (χ3v) is 6.01. The fourth-order valence-corrected chi connectivity index (χ4v) is 3.99. The van der Waals surface area contributed by atoms with Crippen molar-refractivity contribution in [1.29, 1.82) is 0 Å². The Morgan fingerprint density at radius 3 is 2.10 bits per heavy atom. The van der Waals surface area contributed by atoms with Gasteiger partial charge in [0.15, 0.2) is 0 Å². The van der Waals surface area contributed by atoms with Gasteiger partial charge in [0, 0.05) is 12.1 Å². The van der Waals surface area contributed by atoms with E-state index in [-0.39, 0.29) is 16.9 Å². The second-order valence-corrected chi connectivity index (χ2v) is 8.77. The van der Waals surface area contributed by atoms with Gasteiger partial charge in [0.05, 0.1) is 12.5 Å². The maximum Gasteiger partial charge on any atom is 0.453 e. The van der Waals surface area contributed by atoms with E-state index in [9.17, 15) is 22.8 Å². The molecule has 0 aliphatic heterocycles. The van der Waals surface area contributed by atoms with Crippen LogP contribution in [0.25, 0.3) is 28.2 Å². The number of rotatable bonds is 7. The molecule has 0 N–H and O–H groups in total. The molecule has 0 atom stereocenters. The van der Waals surface area contributed by atoms with Crippen molar-refractivity contribution in [3.63, 3.8) is 0 Å². The van der Waals surface area contributed by atoms with Gasteiger partial charge in [-0.2, -0.15) is 13.2 Å². The Bertz CT molecular complexity index is 1770. The van der Waals surface area contributed by atoms with E-state index < -0.39 is 34.7 Å². The largest absolute Gasteiger partial charge is 0.497 e. The van der Waals surface area contributed by atoms with Gasteiger partial charge in [0.1, 0.15) is 22.8 Å². The van der Waals surface area contributed by atoms with Crippen molar-refractivity contribution in [2.45, 2.75) is 6.18 Å². The summed E-state index contributed by atoms with van der Waals surface area (Å²) in [6.45, 7) is 0. The first-order chi connectivity index (χ1) is 19.7. The van der Waals surface area contributed by atoms with Crippen molar-refractivity contribution in [2.24, 2.45) is 0 Å². The third-order valence-electron chi connectivity index (χ3n) is 6.01. The number of hydrogen-bond acceptors (Lipinski definition) is 6. The molecule has 1 aromatic heterocycles. The van der Waals surface area contributed by atoms with E-state index in [1.54, 1.807) is 36.4 Å². The molecule has 5 aromatic rings. The van der Waals surface area contributed by atoms with Crippen molar-refractivity contribution in [2.75, 3.05) is 7.11 Å². The van der Waals surface area contributed by atoms with Crippen LogP contribution >= 0.6 is 0 Å². The predicted molar refractivity (Wildman–Crippen MR) is 147 cm³/mol. The summed E-state index contributed by atoms with van der Waals surface area (Å²) in [6, 6.07) is 26.1. The maximum atomic E-state index is 13.9. The van der Waals surface area contributed by atoms with Crippen LogP contribution in [0.2, 0.25) is 0 Å². The second kappa shape index (κ2) is 11.4. The SMILES string of the molecule is COc1ccc(/C=C/C(=O)Oc2ccc3c(=O)c(Oc4ccc(-c5ccccc5)cc4)c(C(F)(F)F)oc3c2)cc1. The third kappa shape index (κ3) is 6.30. The zero-order valence-electron chi connectivity index (χ0n) is 21.5. The van der Waals surface area contributed by atoms with Crippen molar-refractivity contribution in [1.82, 2.24) is 0 Å². The highest BCUT2D eigenvalue weighted by atomic mass is 19.4. The summed E-state index contributed by atoms with van der Waals surface area (Å²) in [5.41, 5.74) is 0.985. The molecule has 1 heterocycles. The Morgan fingerprint density at radius 2 is 1.44 bits per heavy atom. The molecule has 0 bridgehead atoms. The van der Waals surface area contributed by atoms with Gasteiger partial charge < -0.3 is 18.6 Å². The summed E-state index contributed by atoms with van der Waals surface area (Å²) in [5.74, 6) is -2.82. The number of benzene rings is 4. The fraction of sp³-hybridized carbons (Fsp3) is 0.0625. The number of fused-ring (bicyclic) bond motifs is 1. The van der Waals surface area contributed by atoms with Crippen LogP contribution < -0.4 is 19.6 Å². The Kier molecular flexibility index (Phi) is 7.60. The molecule has 0 radical (unpaired) electrons. The number of methoxy groups -OCH3 is 1. The number of esters is 1. The minimum Gasteiger partial charge on any atom is -0.497 e. The van der Waals surface area contributed by atoms with Gasteiger partial charge in [0.25, 0.3) is 5.76 Å². The van der Waals surface area contributed by atoms with Crippen LogP contribution in [-0.4, -0.2) is 13.1 Å². The molecule has 5 rings (SSSR count). The highest BCUT2D eigenvalue weighted by Crippen LogP contribution is 2.39. The average molecular weight is 559 g/mol. The Labute approximate surface area is 231 Å². The van der Waals surface area contributed by atoms with E-state index in [0.717, 1.165) is 23.3 Å². The van der Waals surface area contributed by atoms with Crippen molar-refractivity contribution in [3.05, 3.63) is 125 Å². The maximum absolute atomic E-state index is 13.9. The number of halogens is 3. The molecule has 4 aromatic carbocycles. The number of ether oxygens (including phenoxy) is 3. The average Bonchev–Trinajstić information content (AvgIpc) is 2.98. The summed E-state index contributed by atoms with van der Waals surface area (Å²) in [5, 5.41) is -0.178. The molecule has 6 nitrogen and oxygen atoms in total. The van der Waals surface area contributed by atoms with Gasteiger partial charge >= 0.3 is 12.1 Å². The van der Waals surface area contributed by atoms with E-state index in [1.165, 1.54) is 37.5 Å². The predicted octanol–water partition coefficient (Wildman–Crippen LogP) is 7.90. The van der Waals surface area contributed by atoms with Crippen LogP contribution in [-0.2, 0) is 11.0 Å². The van der Waals surface area contributed by atoms with Crippen molar-refractivity contribution in [3.8, 4) is 34.1 Å². The highest BCUT2D eigenvalue weighted by Gasteiger charge is 2.40. The van der Waals surface area contributed by atoms with Gasteiger partial charge in [-0.1, -0.05) is 54.6 Å². The molecule has 0 fully saturated rings. The van der Waals surface area contributed by atoms with Crippen LogP contribution in [0.1, 0.15) is 11.3 Å². The first-order valence-electron chi connectivity index (χ1n) is 12.3. The molecule has 9 heteroatoms. The minimum atomic E-state index is -5.04. The van der Waals surface area contributed by atoms with Crippen LogP contribution in [0, 0.1) is 0 Å². The summed E-state index contributed by atoms with van der Waals surface area (Å²) in [4.78, 5) is 25.4. The monoisotopic (exact) mass is 558 g/mol. The smallest absolute Gasteiger partial charge is 0.453 e. The van der Waals surface area contributed by atoms with E-state index >= 15 is 0 Å². The fourth-order valence-electron chi connectivity index (χ4n) is 3.99. The van der Waals surface area contributed by atoms with Gasteiger partial charge in [0.2, 0.25) is 11.2 Å². The van der Waals surface area contributed by atoms with Crippen molar-refractivity contribution >= 4 is 23.0 Å². The first kappa shape index (κ1) is 27.3. The highest BCUT2D eigenvalue weighted by molar-refractivity contribution is 5.89. The van der Waals surface area contributed by atoms with Crippen LogP contribution in [0.3, 0.4) is 0 Å². The number of alkyl halides is 3. The van der Waals surface area contributed by atoms with Gasteiger partial charge in [-0.3, -0.25) is 4.79 Å². The number of carbonyl (C=O) groups is 1. The van der Waals surface area contributed by atoms with Gasteiger partial charge in [-0.05, 0) is 59.2 Å². The summed E-state index contributed by atoms with van der Waals surface area (Å²) >= 11 is 0. The quantitative estimate of drug-likeness (QED) is 0.115. The van der Waals surface area contributed by atoms with Crippen LogP contribution in [0.4, 0.5) is 13.2 Å². The molecule has 206 valence electrons. The normalized spacial score (nSPS) is 11.5. The Morgan fingerprint density at radius 1 is 0.805 bits per heavy atom. The standard InChI is InChI=1S/C32H21F3O6/c1-38-23-12-7-20(8-13-23)9-18-28(36)39-25-16-17-26-27(19-25)41-31(32(33,34)35)30(29(26)37)40-24-14-10-22(11-15-24)21-5-3-2-4-6-21/h2-19H,1H3/b18-9+. The minimum absolute atomic E-state index is 0.0241. The molecular weight excluding hydrogens is 537 g/mol. The molecule has 41 heavy (non-hydrogen) atoms. The van der Waals surface area contributed by atoms with Crippen LogP contribution in [0.5, 0.6) is 23.0 Å². The summed E-state index contributed by atoms with van der Waals surface area (Å²) < 4.78 is 62.7. The number of hydrogen-bond donors (Lipinski definition) is 0. The lowest BCUT2D eigenvalue weighted by Crippen LogP contribution is -2.15. The van der Waals surface area contributed by atoms with E-state index in [2.05, 4.69) is 0 Å². The Balaban J connectivity index is 1.40. The molecule has 0 amide bonds. The van der Waals surface area contributed by atoms with Crippen molar-refractivity contribution < 1.29 is 36.6 Å². The molecular formula is C32H21F3O6. The van der Waals surface area contributed by atoms with Gasteiger partial charge in [-0.25, -0.2) is 4.79 Å². The van der Waals surface area contributed by atoms with E-state index in [1.807, 2.05) is 30.3 Å². The second-order valence-electron chi connectivity index (χ2n) is 8.77. The lowest BCUT2D eigenvalue weighted by atomic mass is 10.1. The summed E-state index contributed by atoms with van der Waals surface area (Å²) in [7, 11) is 1.53. The number of carbonyl (C=O) groups excluding carboxylic acids is 1. The zero-order chi connectivity index (χ0) is 29.0.